The third-order valence-electron chi connectivity index (χ3n) is 4.13. The summed E-state index contributed by atoms with van der Waals surface area (Å²) in [6.45, 7) is 6.84. The summed E-state index contributed by atoms with van der Waals surface area (Å²) >= 11 is 1.46. The normalized spacial score (nSPS) is 16.0. The summed E-state index contributed by atoms with van der Waals surface area (Å²) in [7, 11) is 0. The minimum absolute atomic E-state index is 0.0941. The van der Waals surface area contributed by atoms with E-state index in [2.05, 4.69) is 16.0 Å². The van der Waals surface area contributed by atoms with Gasteiger partial charge in [0.05, 0.1) is 6.61 Å². The van der Waals surface area contributed by atoms with Crippen LogP contribution in [-0.2, 0) is 6.54 Å². The number of thiophene rings is 1. The van der Waals surface area contributed by atoms with Crippen molar-refractivity contribution >= 4 is 17.2 Å². The van der Waals surface area contributed by atoms with Crippen LogP contribution in [0.3, 0.4) is 0 Å². The van der Waals surface area contributed by atoms with Gasteiger partial charge in [0, 0.05) is 45.1 Å². The van der Waals surface area contributed by atoms with E-state index in [0.717, 1.165) is 44.0 Å². The van der Waals surface area contributed by atoms with Crippen LogP contribution in [0, 0.1) is 0 Å². The molecule has 1 aliphatic rings. The molecule has 6 heteroatoms. The van der Waals surface area contributed by atoms with Crippen LogP contribution in [0.4, 0.5) is 0 Å². The summed E-state index contributed by atoms with van der Waals surface area (Å²) in [4.78, 5) is 22.0. The van der Waals surface area contributed by atoms with Crippen LogP contribution in [0.15, 0.2) is 36.0 Å². The molecule has 1 amide bonds. The van der Waals surface area contributed by atoms with Crippen LogP contribution >= 0.6 is 11.3 Å². The fourth-order valence-corrected chi connectivity index (χ4v) is 3.75. The number of rotatable bonds is 5. The monoisotopic (exact) mass is 345 g/mol. The lowest BCUT2D eigenvalue weighted by Gasteiger charge is -2.22. The van der Waals surface area contributed by atoms with Crippen molar-refractivity contribution in [3.8, 4) is 5.75 Å². The summed E-state index contributed by atoms with van der Waals surface area (Å²) < 4.78 is 5.57. The Kier molecular flexibility index (Phi) is 5.82. The van der Waals surface area contributed by atoms with Crippen molar-refractivity contribution in [3.05, 3.63) is 46.4 Å². The molecule has 1 aliphatic heterocycles. The van der Waals surface area contributed by atoms with Crippen LogP contribution < -0.4 is 4.74 Å². The van der Waals surface area contributed by atoms with E-state index in [9.17, 15) is 4.79 Å². The quantitative estimate of drug-likeness (QED) is 0.836. The van der Waals surface area contributed by atoms with Gasteiger partial charge in [-0.3, -0.25) is 14.7 Å². The predicted octanol–water partition coefficient (Wildman–Crippen LogP) is 2.89. The predicted molar refractivity (Wildman–Crippen MR) is 95.5 cm³/mol. The zero-order valence-electron chi connectivity index (χ0n) is 14.0. The van der Waals surface area contributed by atoms with Crippen molar-refractivity contribution in [3.63, 3.8) is 0 Å². The second kappa shape index (κ2) is 8.26. The number of ether oxygens (including phenoxy) is 1. The number of pyridine rings is 1. The molecule has 24 heavy (non-hydrogen) atoms. The van der Waals surface area contributed by atoms with Crippen molar-refractivity contribution in [1.82, 2.24) is 14.8 Å². The van der Waals surface area contributed by atoms with Gasteiger partial charge in [-0.05, 0) is 36.4 Å². The maximum atomic E-state index is 12.8. The Morgan fingerprint density at radius 1 is 1.29 bits per heavy atom. The molecule has 128 valence electrons. The molecule has 0 aromatic carbocycles. The fourth-order valence-electron chi connectivity index (χ4n) is 2.95. The van der Waals surface area contributed by atoms with Gasteiger partial charge >= 0.3 is 0 Å². The number of hydrogen-bond acceptors (Lipinski definition) is 5. The molecule has 2 aromatic rings. The highest BCUT2D eigenvalue weighted by Crippen LogP contribution is 2.27. The Labute approximate surface area is 146 Å². The second-order valence-corrected chi connectivity index (χ2v) is 6.75. The van der Waals surface area contributed by atoms with Crippen LogP contribution in [0.2, 0.25) is 0 Å². The van der Waals surface area contributed by atoms with Gasteiger partial charge in [-0.25, -0.2) is 0 Å². The van der Waals surface area contributed by atoms with E-state index in [1.54, 1.807) is 6.20 Å². The Morgan fingerprint density at radius 2 is 2.21 bits per heavy atom. The molecule has 0 unspecified atom stereocenters. The Morgan fingerprint density at radius 3 is 3.00 bits per heavy atom. The summed E-state index contributed by atoms with van der Waals surface area (Å²) in [6, 6.07) is 5.95. The van der Waals surface area contributed by atoms with Crippen LogP contribution in [0.25, 0.3) is 0 Å². The van der Waals surface area contributed by atoms with Crippen molar-refractivity contribution in [2.75, 3.05) is 32.8 Å². The summed E-state index contributed by atoms with van der Waals surface area (Å²) in [6.07, 6.45) is 4.69. The van der Waals surface area contributed by atoms with Crippen molar-refractivity contribution in [1.29, 1.82) is 0 Å². The maximum Gasteiger partial charge on any atom is 0.267 e. The van der Waals surface area contributed by atoms with E-state index >= 15 is 0 Å². The number of aromatic nitrogens is 1. The zero-order valence-corrected chi connectivity index (χ0v) is 14.8. The van der Waals surface area contributed by atoms with E-state index in [1.165, 1.54) is 16.9 Å². The van der Waals surface area contributed by atoms with Gasteiger partial charge in [0.1, 0.15) is 10.6 Å². The number of hydrogen-bond donors (Lipinski definition) is 0. The van der Waals surface area contributed by atoms with Crippen LogP contribution in [0.1, 0.15) is 28.6 Å². The molecule has 0 radical (unpaired) electrons. The van der Waals surface area contributed by atoms with Gasteiger partial charge in [-0.15, -0.1) is 11.3 Å². The average Bonchev–Trinajstić information content (AvgIpc) is 2.94. The van der Waals surface area contributed by atoms with E-state index < -0.39 is 0 Å². The lowest BCUT2D eigenvalue weighted by atomic mass is 10.2. The van der Waals surface area contributed by atoms with Crippen molar-refractivity contribution in [2.24, 2.45) is 0 Å². The second-order valence-electron chi connectivity index (χ2n) is 5.83. The van der Waals surface area contributed by atoms with Gasteiger partial charge < -0.3 is 9.64 Å². The highest BCUT2D eigenvalue weighted by molar-refractivity contribution is 7.12. The molecule has 0 atom stereocenters. The number of carbonyl (C=O) groups is 1. The van der Waals surface area contributed by atoms with Gasteiger partial charge in [0.15, 0.2) is 0 Å². The molecule has 0 bridgehead atoms. The van der Waals surface area contributed by atoms with Gasteiger partial charge in [0.25, 0.3) is 5.91 Å². The fraction of sp³-hybridized carbons (Fsp3) is 0.444. The smallest absolute Gasteiger partial charge is 0.267 e. The first-order valence-electron chi connectivity index (χ1n) is 8.38. The molecule has 1 fully saturated rings. The summed E-state index contributed by atoms with van der Waals surface area (Å²) in [5.74, 6) is 0.806. The molecular formula is C18H23N3O2S. The molecule has 0 N–H and O–H groups in total. The molecule has 0 saturated carbocycles. The lowest BCUT2D eigenvalue weighted by molar-refractivity contribution is 0.0762. The van der Waals surface area contributed by atoms with E-state index in [0.29, 0.717) is 12.4 Å². The largest absolute Gasteiger partial charge is 0.492 e. The number of carbonyl (C=O) groups excluding carboxylic acids is 1. The third-order valence-corrected chi connectivity index (χ3v) is 5.01. The SMILES string of the molecule is CCOc1ccsc1C(=O)N1CCCN(Cc2cccnc2)CC1. The Bertz CT molecular complexity index is 659. The van der Waals surface area contributed by atoms with Gasteiger partial charge in [-0.1, -0.05) is 6.07 Å². The summed E-state index contributed by atoms with van der Waals surface area (Å²) in [5.41, 5.74) is 1.22. The molecule has 5 nitrogen and oxygen atoms in total. The molecule has 3 rings (SSSR count). The lowest BCUT2D eigenvalue weighted by Crippen LogP contribution is -2.34. The topological polar surface area (TPSA) is 45.7 Å². The molecular weight excluding hydrogens is 322 g/mol. The molecule has 0 aliphatic carbocycles. The summed E-state index contributed by atoms with van der Waals surface area (Å²) in [5, 5.41) is 1.92. The zero-order chi connectivity index (χ0) is 16.8. The highest BCUT2D eigenvalue weighted by atomic mass is 32.1. The van der Waals surface area contributed by atoms with Gasteiger partial charge in [0.2, 0.25) is 0 Å². The number of amides is 1. The minimum Gasteiger partial charge on any atom is -0.492 e. The first-order chi connectivity index (χ1) is 11.8. The standard InChI is InChI=1S/C18H23N3O2S/c1-2-23-16-6-12-24-17(16)18(22)21-9-4-8-20(10-11-21)14-15-5-3-7-19-13-15/h3,5-7,12-13H,2,4,8-11,14H2,1H3. The average molecular weight is 345 g/mol. The maximum absolute atomic E-state index is 12.8. The molecule has 2 aromatic heterocycles. The molecule has 1 saturated heterocycles. The van der Waals surface area contributed by atoms with Crippen molar-refractivity contribution < 1.29 is 9.53 Å². The van der Waals surface area contributed by atoms with Crippen LogP contribution in [0.5, 0.6) is 5.75 Å². The first-order valence-corrected chi connectivity index (χ1v) is 9.26. The third kappa shape index (κ3) is 4.13. The Balaban J connectivity index is 1.60. The minimum atomic E-state index is 0.0941. The molecule has 0 spiro atoms. The van der Waals surface area contributed by atoms with Gasteiger partial charge in [-0.2, -0.15) is 0 Å². The first kappa shape index (κ1) is 16.9. The molecule has 3 heterocycles. The van der Waals surface area contributed by atoms with Crippen molar-refractivity contribution in [2.45, 2.75) is 19.9 Å². The Hall–Kier alpha value is -1.92. The van der Waals surface area contributed by atoms with Crippen LogP contribution in [-0.4, -0.2) is 53.5 Å². The van der Waals surface area contributed by atoms with E-state index in [-0.39, 0.29) is 5.91 Å². The van der Waals surface area contributed by atoms with E-state index in [1.807, 2.05) is 35.5 Å². The number of nitrogens with zero attached hydrogens (tertiary/aromatic N) is 3. The highest BCUT2D eigenvalue weighted by Gasteiger charge is 2.23. The van der Waals surface area contributed by atoms with E-state index in [4.69, 9.17) is 4.74 Å².